The van der Waals surface area contributed by atoms with E-state index < -0.39 is 11.2 Å². The molecule has 1 aromatic carbocycles. The summed E-state index contributed by atoms with van der Waals surface area (Å²) in [6.07, 6.45) is 1.38. The van der Waals surface area contributed by atoms with E-state index in [2.05, 4.69) is 10.3 Å². The lowest BCUT2D eigenvalue weighted by Crippen LogP contribution is -2.37. The van der Waals surface area contributed by atoms with Crippen LogP contribution in [0.3, 0.4) is 0 Å². The number of hydrogen-bond donors (Lipinski definition) is 1. The molecule has 0 unspecified atom stereocenters. The van der Waals surface area contributed by atoms with E-state index in [1.54, 1.807) is 12.1 Å². The van der Waals surface area contributed by atoms with Gasteiger partial charge in [0.15, 0.2) is 11.2 Å². The molecule has 0 aliphatic carbocycles. The van der Waals surface area contributed by atoms with Crippen LogP contribution in [0.15, 0.2) is 45.6 Å². The first-order valence-electron chi connectivity index (χ1n) is 8.71. The Kier molecular flexibility index (Phi) is 5.27. The lowest BCUT2D eigenvalue weighted by molar-refractivity contribution is -0.116. The quantitative estimate of drug-likeness (QED) is 0.503. The van der Waals surface area contributed by atoms with Gasteiger partial charge in [-0.2, -0.15) is 0 Å². The van der Waals surface area contributed by atoms with E-state index in [1.807, 2.05) is 17.5 Å². The molecule has 0 saturated carbocycles. The van der Waals surface area contributed by atoms with Crippen molar-refractivity contribution < 1.29 is 4.79 Å². The Bertz CT molecular complexity index is 1420. The Morgan fingerprint density at radius 3 is 2.60 bits per heavy atom. The van der Waals surface area contributed by atoms with E-state index in [9.17, 15) is 14.4 Å². The average molecular weight is 464 g/mol. The molecule has 0 radical (unpaired) electrons. The lowest BCUT2D eigenvalue weighted by atomic mass is 10.1. The van der Waals surface area contributed by atoms with E-state index in [4.69, 9.17) is 23.2 Å². The number of nitrogens with one attached hydrogen (secondary N) is 1. The number of fused-ring (bicyclic) bond motifs is 1. The van der Waals surface area contributed by atoms with Crippen LogP contribution in [0.5, 0.6) is 0 Å². The Morgan fingerprint density at radius 1 is 1.10 bits per heavy atom. The third kappa shape index (κ3) is 3.55. The molecule has 8 nitrogen and oxygen atoms in total. The van der Waals surface area contributed by atoms with Crippen LogP contribution in [-0.4, -0.2) is 24.6 Å². The van der Waals surface area contributed by atoms with Crippen molar-refractivity contribution in [1.29, 1.82) is 0 Å². The summed E-state index contributed by atoms with van der Waals surface area (Å²) in [7, 11) is 2.91. The maximum Gasteiger partial charge on any atom is 0.332 e. The summed E-state index contributed by atoms with van der Waals surface area (Å²) in [5.74, 6) is -0.326. The Morgan fingerprint density at radius 2 is 1.87 bits per heavy atom. The molecule has 0 aliphatic rings. The molecular formula is C19H15Cl2N5O3S. The molecule has 11 heteroatoms. The van der Waals surface area contributed by atoms with Crippen molar-refractivity contribution in [2.45, 2.75) is 6.54 Å². The van der Waals surface area contributed by atoms with Crippen LogP contribution >= 0.6 is 34.5 Å². The van der Waals surface area contributed by atoms with Crippen molar-refractivity contribution >= 4 is 56.6 Å². The number of carbonyl (C=O) groups is 1. The van der Waals surface area contributed by atoms with Gasteiger partial charge in [0.25, 0.3) is 5.56 Å². The molecule has 0 spiro atoms. The highest BCUT2D eigenvalue weighted by atomic mass is 35.5. The SMILES string of the molecule is Cn1c(=O)c2c(ncn2CC(=O)Nc2cc(-c3ccc(Cl)c(Cl)c3)cs2)n(C)c1=O. The fraction of sp³-hybridized carbons (Fsp3) is 0.158. The maximum absolute atomic E-state index is 12.5. The van der Waals surface area contributed by atoms with E-state index in [0.29, 0.717) is 15.0 Å². The zero-order valence-electron chi connectivity index (χ0n) is 15.8. The highest BCUT2D eigenvalue weighted by Gasteiger charge is 2.16. The largest absolute Gasteiger partial charge is 0.332 e. The van der Waals surface area contributed by atoms with Gasteiger partial charge in [0, 0.05) is 19.5 Å². The summed E-state index contributed by atoms with van der Waals surface area (Å²) < 4.78 is 3.69. The molecule has 4 aromatic rings. The zero-order valence-corrected chi connectivity index (χ0v) is 18.2. The first kappa shape index (κ1) is 20.4. The van der Waals surface area contributed by atoms with E-state index in [0.717, 1.165) is 15.7 Å². The number of aromatic nitrogens is 4. The monoisotopic (exact) mass is 463 g/mol. The minimum absolute atomic E-state index is 0.121. The molecule has 3 heterocycles. The van der Waals surface area contributed by atoms with Gasteiger partial charge in [-0.05, 0) is 29.3 Å². The zero-order chi connectivity index (χ0) is 21.6. The standard InChI is InChI=1S/C19H15Cl2N5O3S/c1-24-17-16(18(28)25(2)19(24)29)26(9-22-17)7-14(27)23-15-6-11(8-30-15)10-3-4-12(20)13(21)5-10/h3-6,8-9H,7H2,1-2H3,(H,23,27). The predicted octanol–water partition coefficient (Wildman–Crippen LogP) is 3.11. The number of benzene rings is 1. The molecule has 154 valence electrons. The van der Waals surface area contributed by atoms with Gasteiger partial charge in [0.2, 0.25) is 5.91 Å². The van der Waals surface area contributed by atoms with Gasteiger partial charge in [-0.3, -0.25) is 18.7 Å². The van der Waals surface area contributed by atoms with Gasteiger partial charge < -0.3 is 9.88 Å². The fourth-order valence-corrected chi connectivity index (χ4v) is 4.20. The summed E-state index contributed by atoms with van der Waals surface area (Å²) >= 11 is 13.4. The van der Waals surface area contributed by atoms with Crippen LogP contribution in [0.4, 0.5) is 5.00 Å². The van der Waals surface area contributed by atoms with Crippen LogP contribution in [-0.2, 0) is 25.4 Å². The number of rotatable bonds is 4. The molecule has 0 fully saturated rings. The van der Waals surface area contributed by atoms with Crippen LogP contribution in [0.2, 0.25) is 10.0 Å². The molecule has 3 aromatic heterocycles. The van der Waals surface area contributed by atoms with Gasteiger partial charge in [-0.15, -0.1) is 11.3 Å². The molecular weight excluding hydrogens is 449 g/mol. The summed E-state index contributed by atoms with van der Waals surface area (Å²) in [5.41, 5.74) is 1.22. The van der Waals surface area contributed by atoms with Crippen molar-refractivity contribution in [3.8, 4) is 11.1 Å². The Labute approximate surface area is 183 Å². The molecule has 0 aliphatic heterocycles. The predicted molar refractivity (Wildman–Crippen MR) is 119 cm³/mol. The average Bonchev–Trinajstić information content (AvgIpc) is 3.34. The maximum atomic E-state index is 12.5. The van der Waals surface area contributed by atoms with Crippen LogP contribution in [0.1, 0.15) is 0 Å². The lowest BCUT2D eigenvalue weighted by Gasteiger charge is -2.07. The molecule has 1 amide bonds. The number of imidazole rings is 1. The minimum atomic E-state index is -0.503. The van der Waals surface area contributed by atoms with Crippen molar-refractivity contribution in [1.82, 2.24) is 18.7 Å². The number of carbonyl (C=O) groups excluding carboxylic acids is 1. The van der Waals surface area contributed by atoms with Gasteiger partial charge in [0.1, 0.15) is 6.54 Å². The smallest absolute Gasteiger partial charge is 0.316 e. The number of nitrogens with zero attached hydrogens (tertiary/aromatic N) is 4. The topological polar surface area (TPSA) is 90.9 Å². The second kappa shape index (κ2) is 7.75. The highest BCUT2D eigenvalue weighted by Crippen LogP contribution is 2.33. The Hall–Kier alpha value is -2.88. The number of thiophene rings is 1. The number of anilines is 1. The van der Waals surface area contributed by atoms with Crippen LogP contribution < -0.4 is 16.6 Å². The summed E-state index contributed by atoms with van der Waals surface area (Å²) in [6.45, 7) is -0.121. The number of halogens is 2. The van der Waals surface area contributed by atoms with E-state index in [1.165, 1.54) is 40.9 Å². The fourth-order valence-electron chi connectivity index (χ4n) is 3.08. The molecule has 4 rings (SSSR count). The second-order valence-corrected chi connectivity index (χ2v) is 8.35. The summed E-state index contributed by atoms with van der Waals surface area (Å²) in [4.78, 5) is 41.2. The van der Waals surface area contributed by atoms with Crippen molar-refractivity contribution in [3.05, 3.63) is 66.9 Å². The summed E-state index contributed by atoms with van der Waals surface area (Å²) in [5, 5.41) is 6.28. The molecule has 0 bridgehead atoms. The van der Waals surface area contributed by atoms with Crippen LogP contribution in [0, 0.1) is 0 Å². The number of amides is 1. The number of aryl methyl sites for hydroxylation is 1. The van der Waals surface area contributed by atoms with Gasteiger partial charge in [-0.1, -0.05) is 29.3 Å². The normalized spacial score (nSPS) is 11.2. The molecule has 30 heavy (non-hydrogen) atoms. The molecule has 0 atom stereocenters. The minimum Gasteiger partial charge on any atom is -0.316 e. The third-order valence-electron chi connectivity index (χ3n) is 4.65. The van der Waals surface area contributed by atoms with Crippen LogP contribution in [0.25, 0.3) is 22.3 Å². The van der Waals surface area contributed by atoms with E-state index in [-0.39, 0.29) is 23.6 Å². The number of hydrogen-bond acceptors (Lipinski definition) is 5. The van der Waals surface area contributed by atoms with Gasteiger partial charge in [0.05, 0.1) is 21.4 Å². The second-order valence-electron chi connectivity index (χ2n) is 6.63. The first-order valence-corrected chi connectivity index (χ1v) is 10.3. The van der Waals surface area contributed by atoms with Crippen molar-refractivity contribution in [2.75, 3.05) is 5.32 Å². The molecule has 0 saturated heterocycles. The Balaban J connectivity index is 1.56. The van der Waals surface area contributed by atoms with Crippen molar-refractivity contribution in [2.24, 2.45) is 14.1 Å². The first-order chi connectivity index (χ1) is 14.3. The third-order valence-corrected chi connectivity index (χ3v) is 6.23. The summed E-state index contributed by atoms with van der Waals surface area (Å²) in [6, 6.07) is 7.15. The van der Waals surface area contributed by atoms with E-state index >= 15 is 0 Å². The highest BCUT2D eigenvalue weighted by molar-refractivity contribution is 7.14. The molecule has 1 N–H and O–H groups in total. The van der Waals surface area contributed by atoms with Crippen molar-refractivity contribution in [3.63, 3.8) is 0 Å². The van der Waals surface area contributed by atoms with Gasteiger partial charge in [-0.25, -0.2) is 9.78 Å². The van der Waals surface area contributed by atoms with Gasteiger partial charge >= 0.3 is 5.69 Å².